The van der Waals surface area contributed by atoms with Crippen molar-refractivity contribution in [1.82, 2.24) is 5.32 Å². The molecular weight excluding hydrogens is 295 g/mol. The Balaban J connectivity index is 2.70. The number of halogens is 2. The molecule has 0 bridgehead atoms. The molecule has 102 valence electrons. The fraction of sp³-hybridized carbons (Fsp3) is 0.571. The molecule has 0 saturated heterocycles. The topological polar surface area (TPSA) is 38.0 Å². The van der Waals surface area contributed by atoms with Gasteiger partial charge in [-0.1, -0.05) is 36.7 Å². The highest BCUT2D eigenvalue weighted by atomic mass is 79.9. The predicted molar refractivity (Wildman–Crippen MR) is 78.2 cm³/mol. The van der Waals surface area contributed by atoms with E-state index in [0.29, 0.717) is 12.5 Å². The summed E-state index contributed by atoms with van der Waals surface area (Å²) in [6, 6.07) is 5.08. The molecular formula is C14H22BrFN2. The third-order valence-electron chi connectivity index (χ3n) is 3.12. The van der Waals surface area contributed by atoms with Crippen LogP contribution < -0.4 is 11.1 Å². The molecule has 1 atom stereocenters. The lowest BCUT2D eigenvalue weighted by Gasteiger charge is -2.27. The van der Waals surface area contributed by atoms with Crippen LogP contribution in [0.25, 0.3) is 0 Å². The van der Waals surface area contributed by atoms with Crippen LogP contribution in [0.2, 0.25) is 0 Å². The molecule has 4 heteroatoms. The van der Waals surface area contributed by atoms with Crippen molar-refractivity contribution in [1.29, 1.82) is 0 Å². The van der Waals surface area contributed by atoms with Crippen LogP contribution in [0.4, 0.5) is 4.39 Å². The van der Waals surface area contributed by atoms with E-state index in [2.05, 4.69) is 28.2 Å². The summed E-state index contributed by atoms with van der Waals surface area (Å²) >= 11 is 3.39. The van der Waals surface area contributed by atoms with E-state index < -0.39 is 0 Å². The van der Waals surface area contributed by atoms with E-state index in [1.807, 2.05) is 19.9 Å². The Morgan fingerprint density at radius 1 is 1.44 bits per heavy atom. The van der Waals surface area contributed by atoms with Gasteiger partial charge in [-0.25, -0.2) is 4.39 Å². The summed E-state index contributed by atoms with van der Waals surface area (Å²) in [6.07, 6.45) is 0. The van der Waals surface area contributed by atoms with E-state index >= 15 is 0 Å². The van der Waals surface area contributed by atoms with E-state index in [1.165, 1.54) is 6.07 Å². The van der Waals surface area contributed by atoms with Crippen molar-refractivity contribution in [2.24, 2.45) is 11.7 Å². The van der Waals surface area contributed by atoms with Crippen molar-refractivity contribution in [2.45, 2.75) is 26.2 Å². The van der Waals surface area contributed by atoms with Gasteiger partial charge in [-0.2, -0.15) is 0 Å². The number of rotatable bonds is 6. The molecule has 0 saturated carbocycles. The van der Waals surface area contributed by atoms with Gasteiger partial charge in [0.2, 0.25) is 0 Å². The van der Waals surface area contributed by atoms with Gasteiger partial charge in [0.25, 0.3) is 0 Å². The van der Waals surface area contributed by atoms with Crippen molar-refractivity contribution < 1.29 is 4.39 Å². The summed E-state index contributed by atoms with van der Waals surface area (Å²) in [5.74, 6) is 0.282. The van der Waals surface area contributed by atoms with E-state index in [1.54, 1.807) is 6.07 Å². The summed E-state index contributed by atoms with van der Waals surface area (Å²) in [5.41, 5.74) is 6.05. The van der Waals surface area contributed by atoms with E-state index in [4.69, 9.17) is 5.73 Å². The monoisotopic (exact) mass is 316 g/mol. The number of hydrogen-bond acceptors (Lipinski definition) is 2. The Labute approximate surface area is 117 Å². The van der Waals surface area contributed by atoms with Gasteiger partial charge in [0.05, 0.1) is 0 Å². The van der Waals surface area contributed by atoms with Crippen LogP contribution in [-0.2, 0) is 5.41 Å². The Morgan fingerprint density at radius 2 is 2.11 bits per heavy atom. The fourth-order valence-corrected chi connectivity index (χ4v) is 2.19. The van der Waals surface area contributed by atoms with E-state index in [9.17, 15) is 4.39 Å². The van der Waals surface area contributed by atoms with Gasteiger partial charge in [-0.15, -0.1) is 0 Å². The lowest BCUT2D eigenvalue weighted by Crippen LogP contribution is -2.37. The molecule has 0 aliphatic rings. The molecule has 0 spiro atoms. The average Bonchev–Trinajstić information content (AvgIpc) is 2.31. The highest BCUT2D eigenvalue weighted by Gasteiger charge is 2.24. The maximum atomic E-state index is 13.8. The largest absolute Gasteiger partial charge is 0.330 e. The minimum Gasteiger partial charge on any atom is -0.330 e. The van der Waals surface area contributed by atoms with Crippen molar-refractivity contribution in [2.75, 3.05) is 19.6 Å². The minimum absolute atomic E-state index is 0.156. The zero-order chi connectivity index (χ0) is 13.8. The molecule has 0 heterocycles. The van der Waals surface area contributed by atoms with E-state index in [0.717, 1.165) is 23.1 Å². The standard InChI is InChI=1S/C14H22BrFN2/c1-10(7-17)8-18-9-14(2,3)12-6-11(15)4-5-13(12)16/h4-6,10,18H,7-9,17H2,1-3H3. The second kappa shape index (κ2) is 6.64. The van der Waals surface area contributed by atoms with Crippen LogP contribution in [0.1, 0.15) is 26.3 Å². The first kappa shape index (κ1) is 15.6. The molecule has 0 aromatic heterocycles. The van der Waals surface area contributed by atoms with Crippen LogP contribution in [0, 0.1) is 11.7 Å². The first-order valence-corrected chi connectivity index (χ1v) is 7.02. The summed E-state index contributed by atoms with van der Waals surface area (Å²) in [4.78, 5) is 0. The molecule has 3 N–H and O–H groups in total. The Bertz CT molecular complexity index is 393. The summed E-state index contributed by atoms with van der Waals surface area (Å²) < 4.78 is 14.8. The Kier molecular flexibility index (Phi) is 5.76. The molecule has 0 amide bonds. The number of nitrogens with two attached hydrogens (primary N) is 1. The van der Waals surface area contributed by atoms with Gasteiger partial charge >= 0.3 is 0 Å². The maximum absolute atomic E-state index is 13.8. The van der Waals surface area contributed by atoms with Gasteiger partial charge in [-0.05, 0) is 42.8 Å². The van der Waals surface area contributed by atoms with Gasteiger partial charge in [0.15, 0.2) is 0 Å². The van der Waals surface area contributed by atoms with Crippen LogP contribution in [0.5, 0.6) is 0 Å². The Morgan fingerprint density at radius 3 is 2.72 bits per heavy atom. The first-order valence-electron chi connectivity index (χ1n) is 6.23. The smallest absolute Gasteiger partial charge is 0.127 e. The number of benzene rings is 1. The zero-order valence-corrected chi connectivity index (χ0v) is 12.8. The predicted octanol–water partition coefficient (Wildman–Crippen LogP) is 3.05. The number of hydrogen-bond donors (Lipinski definition) is 2. The summed E-state index contributed by atoms with van der Waals surface area (Å²) in [7, 11) is 0. The third-order valence-corrected chi connectivity index (χ3v) is 3.61. The highest BCUT2D eigenvalue weighted by Crippen LogP contribution is 2.27. The Hall–Kier alpha value is -0.450. The van der Waals surface area contributed by atoms with Crippen LogP contribution in [-0.4, -0.2) is 19.6 Å². The summed E-state index contributed by atoms with van der Waals surface area (Å²) in [5, 5.41) is 3.36. The van der Waals surface area contributed by atoms with Crippen LogP contribution in [0.3, 0.4) is 0 Å². The third kappa shape index (κ3) is 4.34. The van der Waals surface area contributed by atoms with Crippen molar-refractivity contribution >= 4 is 15.9 Å². The lowest BCUT2D eigenvalue weighted by atomic mass is 9.84. The summed E-state index contributed by atoms with van der Waals surface area (Å²) in [6.45, 7) is 8.43. The average molecular weight is 317 g/mol. The van der Waals surface area contributed by atoms with E-state index in [-0.39, 0.29) is 11.2 Å². The maximum Gasteiger partial charge on any atom is 0.127 e. The molecule has 2 nitrogen and oxygen atoms in total. The van der Waals surface area contributed by atoms with Gasteiger partial charge < -0.3 is 11.1 Å². The lowest BCUT2D eigenvalue weighted by molar-refractivity contribution is 0.419. The van der Waals surface area contributed by atoms with Crippen molar-refractivity contribution in [3.8, 4) is 0 Å². The van der Waals surface area contributed by atoms with Crippen molar-refractivity contribution in [3.05, 3.63) is 34.1 Å². The van der Waals surface area contributed by atoms with Gasteiger partial charge in [0, 0.05) is 16.4 Å². The fourth-order valence-electron chi connectivity index (χ4n) is 1.83. The second-order valence-corrected chi connectivity index (χ2v) is 6.40. The highest BCUT2D eigenvalue weighted by molar-refractivity contribution is 9.10. The molecule has 0 aliphatic heterocycles. The molecule has 1 aromatic carbocycles. The molecule has 0 radical (unpaired) electrons. The normalized spacial score (nSPS) is 13.7. The first-order chi connectivity index (χ1) is 8.36. The second-order valence-electron chi connectivity index (χ2n) is 5.48. The molecule has 1 rings (SSSR count). The molecule has 0 aliphatic carbocycles. The van der Waals surface area contributed by atoms with Gasteiger partial charge in [-0.3, -0.25) is 0 Å². The molecule has 18 heavy (non-hydrogen) atoms. The zero-order valence-electron chi connectivity index (χ0n) is 11.3. The van der Waals surface area contributed by atoms with Crippen molar-refractivity contribution in [3.63, 3.8) is 0 Å². The SMILES string of the molecule is CC(CN)CNCC(C)(C)c1cc(Br)ccc1F. The molecule has 0 fully saturated rings. The molecule has 1 unspecified atom stereocenters. The minimum atomic E-state index is -0.248. The quantitative estimate of drug-likeness (QED) is 0.846. The van der Waals surface area contributed by atoms with Crippen LogP contribution in [0.15, 0.2) is 22.7 Å². The number of nitrogens with one attached hydrogen (secondary N) is 1. The van der Waals surface area contributed by atoms with Crippen LogP contribution >= 0.6 is 15.9 Å². The molecule has 1 aromatic rings. The van der Waals surface area contributed by atoms with Gasteiger partial charge in [0.1, 0.15) is 5.82 Å².